The fourth-order valence-electron chi connectivity index (χ4n) is 3.27. The smallest absolute Gasteiger partial charge is 0.251 e. The molecule has 0 saturated heterocycles. The third-order valence-corrected chi connectivity index (χ3v) is 4.34. The van der Waals surface area contributed by atoms with Crippen LogP contribution >= 0.6 is 0 Å². The molecule has 2 unspecified atom stereocenters. The second kappa shape index (κ2) is 5.86. The zero-order chi connectivity index (χ0) is 14.8. The van der Waals surface area contributed by atoms with Crippen LogP contribution < -0.4 is 11.1 Å². The van der Waals surface area contributed by atoms with Gasteiger partial charge in [-0.05, 0) is 42.4 Å². The minimum atomic E-state index is -0.00144. The summed E-state index contributed by atoms with van der Waals surface area (Å²) in [6.07, 6.45) is 4.75. The van der Waals surface area contributed by atoms with Crippen LogP contribution in [0.2, 0.25) is 0 Å². The highest BCUT2D eigenvalue weighted by molar-refractivity contribution is 5.95. The van der Waals surface area contributed by atoms with Gasteiger partial charge in [0.2, 0.25) is 0 Å². The number of nitrogens with one attached hydrogen (secondary N) is 1. The normalized spacial score (nSPS) is 23.4. The number of hydrogen-bond acceptors (Lipinski definition) is 2. The fourth-order valence-corrected chi connectivity index (χ4v) is 3.27. The molecule has 1 aromatic rings. The predicted octanol–water partition coefficient (Wildman–Crippen LogP) is 3.60. The molecule has 0 bridgehead atoms. The first-order chi connectivity index (χ1) is 9.38. The first-order valence-electron chi connectivity index (χ1n) is 7.54. The molecule has 110 valence electrons. The van der Waals surface area contributed by atoms with Crippen molar-refractivity contribution in [1.29, 1.82) is 0 Å². The summed E-state index contributed by atoms with van der Waals surface area (Å²) in [7, 11) is 0. The summed E-state index contributed by atoms with van der Waals surface area (Å²) in [4.78, 5) is 12.4. The number of amides is 1. The number of carbonyl (C=O) groups excluding carboxylic acids is 1. The molecular weight excluding hydrogens is 248 g/mol. The van der Waals surface area contributed by atoms with Crippen LogP contribution in [0, 0.1) is 11.3 Å². The van der Waals surface area contributed by atoms with Gasteiger partial charge in [0, 0.05) is 17.3 Å². The van der Waals surface area contributed by atoms with Gasteiger partial charge in [0.1, 0.15) is 0 Å². The first kappa shape index (κ1) is 14.9. The van der Waals surface area contributed by atoms with Crippen molar-refractivity contribution < 1.29 is 4.79 Å². The lowest BCUT2D eigenvalue weighted by Crippen LogP contribution is -2.46. The number of hydrogen-bond donors (Lipinski definition) is 2. The molecule has 3 nitrogen and oxygen atoms in total. The highest BCUT2D eigenvalue weighted by Gasteiger charge is 2.34. The van der Waals surface area contributed by atoms with E-state index in [0.717, 1.165) is 6.42 Å². The summed E-state index contributed by atoms with van der Waals surface area (Å²) in [6, 6.07) is 7.46. The van der Waals surface area contributed by atoms with E-state index < -0.39 is 0 Å². The van der Waals surface area contributed by atoms with Crippen LogP contribution in [0.5, 0.6) is 0 Å². The molecule has 1 aliphatic rings. The summed E-state index contributed by atoms with van der Waals surface area (Å²) in [5, 5.41) is 3.22. The van der Waals surface area contributed by atoms with Gasteiger partial charge in [0.15, 0.2) is 0 Å². The standard InChI is InChI=1S/C17H26N2O/c1-17(2,3)14-9-4-5-10-15(14)19-16(20)12-7-6-8-13(18)11-12/h6-8,11,14-15H,4-5,9-10,18H2,1-3H3,(H,19,20). The van der Waals surface area contributed by atoms with Crippen LogP contribution in [0.4, 0.5) is 5.69 Å². The Morgan fingerprint density at radius 2 is 1.95 bits per heavy atom. The van der Waals surface area contributed by atoms with Crippen LogP contribution in [-0.2, 0) is 0 Å². The summed E-state index contributed by atoms with van der Waals surface area (Å²) in [5.74, 6) is 0.541. The number of carbonyl (C=O) groups is 1. The van der Waals surface area contributed by atoms with E-state index in [4.69, 9.17) is 5.73 Å². The third kappa shape index (κ3) is 3.53. The number of benzene rings is 1. The van der Waals surface area contributed by atoms with Crippen molar-refractivity contribution in [2.24, 2.45) is 11.3 Å². The van der Waals surface area contributed by atoms with Gasteiger partial charge in [-0.15, -0.1) is 0 Å². The molecule has 0 heterocycles. The van der Waals surface area contributed by atoms with E-state index in [1.807, 2.05) is 12.1 Å². The first-order valence-corrected chi connectivity index (χ1v) is 7.54. The van der Waals surface area contributed by atoms with Crippen LogP contribution in [0.3, 0.4) is 0 Å². The Balaban J connectivity index is 2.09. The maximum absolute atomic E-state index is 12.4. The minimum absolute atomic E-state index is 0.00144. The maximum Gasteiger partial charge on any atom is 0.251 e. The zero-order valence-corrected chi connectivity index (χ0v) is 12.8. The molecule has 20 heavy (non-hydrogen) atoms. The van der Waals surface area contributed by atoms with E-state index in [9.17, 15) is 4.79 Å². The van der Waals surface area contributed by atoms with Crippen LogP contribution in [0.25, 0.3) is 0 Å². The van der Waals surface area contributed by atoms with Crippen molar-refractivity contribution in [1.82, 2.24) is 5.32 Å². The molecule has 1 aromatic carbocycles. The van der Waals surface area contributed by atoms with Gasteiger partial charge in [-0.1, -0.05) is 39.7 Å². The molecule has 0 radical (unpaired) electrons. The number of nitrogen functional groups attached to an aromatic ring is 1. The molecule has 2 atom stereocenters. The number of rotatable bonds is 2. The van der Waals surface area contributed by atoms with Crippen molar-refractivity contribution in [2.45, 2.75) is 52.5 Å². The highest BCUT2D eigenvalue weighted by atomic mass is 16.1. The Morgan fingerprint density at radius 1 is 1.25 bits per heavy atom. The molecule has 0 aromatic heterocycles. The maximum atomic E-state index is 12.4. The summed E-state index contributed by atoms with van der Waals surface area (Å²) in [6.45, 7) is 6.80. The van der Waals surface area contributed by atoms with Gasteiger partial charge in [-0.25, -0.2) is 0 Å². The van der Waals surface area contributed by atoms with Crippen molar-refractivity contribution >= 4 is 11.6 Å². The minimum Gasteiger partial charge on any atom is -0.399 e. The molecule has 1 fully saturated rings. The summed E-state index contributed by atoms with van der Waals surface area (Å²) < 4.78 is 0. The van der Waals surface area contributed by atoms with E-state index in [-0.39, 0.29) is 17.4 Å². The van der Waals surface area contributed by atoms with Crippen molar-refractivity contribution in [3.05, 3.63) is 29.8 Å². The van der Waals surface area contributed by atoms with Crippen LogP contribution in [0.15, 0.2) is 24.3 Å². The van der Waals surface area contributed by atoms with Gasteiger partial charge in [-0.2, -0.15) is 0 Å². The van der Waals surface area contributed by atoms with Crippen molar-refractivity contribution in [3.63, 3.8) is 0 Å². The molecule has 3 N–H and O–H groups in total. The lowest BCUT2D eigenvalue weighted by molar-refractivity contribution is 0.0830. The second-order valence-electron chi connectivity index (χ2n) is 6.96. The number of nitrogens with two attached hydrogens (primary N) is 1. The third-order valence-electron chi connectivity index (χ3n) is 4.34. The Hall–Kier alpha value is -1.51. The Kier molecular flexibility index (Phi) is 4.36. The van der Waals surface area contributed by atoms with Gasteiger partial charge in [0.05, 0.1) is 0 Å². The van der Waals surface area contributed by atoms with E-state index in [1.54, 1.807) is 12.1 Å². The average molecular weight is 274 g/mol. The van der Waals surface area contributed by atoms with E-state index in [0.29, 0.717) is 17.2 Å². The molecule has 1 amide bonds. The molecule has 1 aliphatic carbocycles. The quantitative estimate of drug-likeness (QED) is 0.810. The van der Waals surface area contributed by atoms with E-state index in [2.05, 4.69) is 26.1 Å². The van der Waals surface area contributed by atoms with Crippen molar-refractivity contribution in [3.8, 4) is 0 Å². The van der Waals surface area contributed by atoms with Gasteiger partial charge in [-0.3, -0.25) is 4.79 Å². The molecule has 0 aliphatic heterocycles. The zero-order valence-electron chi connectivity index (χ0n) is 12.8. The molecule has 0 spiro atoms. The molecule has 1 saturated carbocycles. The Morgan fingerprint density at radius 3 is 2.60 bits per heavy atom. The summed E-state index contributed by atoms with van der Waals surface area (Å²) >= 11 is 0. The fraction of sp³-hybridized carbons (Fsp3) is 0.588. The predicted molar refractivity (Wildman–Crippen MR) is 83.5 cm³/mol. The van der Waals surface area contributed by atoms with E-state index >= 15 is 0 Å². The SMILES string of the molecule is CC(C)(C)C1CCCCC1NC(=O)c1cccc(N)c1. The highest BCUT2D eigenvalue weighted by Crippen LogP contribution is 2.38. The Labute approximate surface area is 121 Å². The number of anilines is 1. The monoisotopic (exact) mass is 274 g/mol. The van der Waals surface area contributed by atoms with Crippen LogP contribution in [-0.4, -0.2) is 11.9 Å². The van der Waals surface area contributed by atoms with Crippen LogP contribution in [0.1, 0.15) is 56.8 Å². The summed E-state index contributed by atoms with van der Waals surface area (Å²) in [5.41, 5.74) is 7.27. The second-order valence-corrected chi connectivity index (χ2v) is 6.96. The van der Waals surface area contributed by atoms with Gasteiger partial charge >= 0.3 is 0 Å². The average Bonchev–Trinajstić information content (AvgIpc) is 2.38. The Bertz CT molecular complexity index is 476. The topological polar surface area (TPSA) is 55.1 Å². The molecule has 3 heteroatoms. The van der Waals surface area contributed by atoms with Crippen molar-refractivity contribution in [2.75, 3.05) is 5.73 Å². The van der Waals surface area contributed by atoms with E-state index in [1.165, 1.54) is 19.3 Å². The van der Waals surface area contributed by atoms with Gasteiger partial charge < -0.3 is 11.1 Å². The molecular formula is C17H26N2O. The lowest BCUT2D eigenvalue weighted by atomic mass is 9.69. The largest absolute Gasteiger partial charge is 0.399 e. The van der Waals surface area contributed by atoms with Gasteiger partial charge in [0.25, 0.3) is 5.91 Å². The molecule has 2 rings (SSSR count). The lowest BCUT2D eigenvalue weighted by Gasteiger charge is -2.40.